The van der Waals surface area contributed by atoms with Gasteiger partial charge in [-0.15, -0.1) is 0 Å². The summed E-state index contributed by atoms with van der Waals surface area (Å²) in [7, 11) is 0. The van der Waals surface area contributed by atoms with Crippen molar-refractivity contribution in [1.29, 1.82) is 0 Å². The van der Waals surface area contributed by atoms with Crippen LogP contribution in [0.15, 0.2) is 47.1 Å². The zero-order valence-electron chi connectivity index (χ0n) is 7.44. The number of aliphatic imine (C=N–C) groups is 2. The summed E-state index contributed by atoms with van der Waals surface area (Å²) in [5, 5.41) is 0. The molecular formula is C10H12N2O. The summed E-state index contributed by atoms with van der Waals surface area (Å²) in [6.45, 7) is 8.46. The second-order valence-electron chi connectivity index (χ2n) is 2.34. The van der Waals surface area contributed by atoms with Crippen LogP contribution in [0.4, 0.5) is 0 Å². The minimum Gasteiger partial charge on any atom is -0.474 e. The van der Waals surface area contributed by atoms with E-state index in [-0.39, 0.29) is 0 Å². The Hall–Kier alpha value is -1.64. The van der Waals surface area contributed by atoms with Crippen LogP contribution in [0, 0.1) is 0 Å². The van der Waals surface area contributed by atoms with Crippen LogP contribution in [0.3, 0.4) is 0 Å². The van der Waals surface area contributed by atoms with Gasteiger partial charge in [-0.25, -0.2) is 4.99 Å². The molecule has 0 amide bonds. The maximum Gasteiger partial charge on any atom is 0.235 e. The minimum absolute atomic E-state index is 0.581. The van der Waals surface area contributed by atoms with Crippen LogP contribution in [-0.2, 0) is 4.74 Å². The van der Waals surface area contributed by atoms with Crippen LogP contribution in [0.25, 0.3) is 0 Å². The van der Waals surface area contributed by atoms with Crippen molar-refractivity contribution in [2.24, 2.45) is 9.98 Å². The summed E-state index contributed by atoms with van der Waals surface area (Å²) < 4.78 is 5.25. The summed E-state index contributed by atoms with van der Waals surface area (Å²) in [5.74, 6) is 0.581. The molecule has 0 bridgehead atoms. The topological polar surface area (TPSA) is 34.0 Å². The van der Waals surface area contributed by atoms with Gasteiger partial charge < -0.3 is 4.74 Å². The lowest BCUT2D eigenvalue weighted by atomic mass is 10.4. The van der Waals surface area contributed by atoms with Crippen molar-refractivity contribution in [3.63, 3.8) is 0 Å². The Kier molecular flexibility index (Phi) is 3.70. The van der Waals surface area contributed by atoms with Crippen molar-refractivity contribution in [3.8, 4) is 0 Å². The van der Waals surface area contributed by atoms with E-state index in [1.54, 1.807) is 24.4 Å². The fourth-order valence-electron chi connectivity index (χ4n) is 0.904. The van der Waals surface area contributed by atoms with E-state index in [9.17, 15) is 0 Å². The van der Waals surface area contributed by atoms with Gasteiger partial charge in [0, 0.05) is 6.21 Å². The summed E-state index contributed by atoms with van der Waals surface area (Å²) in [6.07, 6.45) is 6.61. The maximum atomic E-state index is 5.25. The molecule has 1 aliphatic heterocycles. The molecule has 3 heteroatoms. The van der Waals surface area contributed by atoms with E-state index in [1.165, 1.54) is 0 Å². The molecule has 68 valence electrons. The van der Waals surface area contributed by atoms with Crippen LogP contribution in [0.5, 0.6) is 0 Å². The van der Waals surface area contributed by atoms with Crippen molar-refractivity contribution in [2.75, 3.05) is 13.2 Å². The van der Waals surface area contributed by atoms with Crippen LogP contribution in [-0.4, -0.2) is 25.3 Å². The number of hydrogen-bond donors (Lipinski definition) is 0. The summed E-state index contributed by atoms with van der Waals surface area (Å²) in [5.41, 5.74) is 0.687. The fourth-order valence-corrected chi connectivity index (χ4v) is 0.904. The Morgan fingerprint density at radius 2 is 2.31 bits per heavy atom. The first-order valence-corrected chi connectivity index (χ1v) is 4.04. The quantitative estimate of drug-likeness (QED) is 0.474. The molecule has 1 heterocycles. The van der Waals surface area contributed by atoms with Crippen molar-refractivity contribution < 1.29 is 4.74 Å². The highest BCUT2D eigenvalue weighted by molar-refractivity contribution is 5.96. The lowest BCUT2D eigenvalue weighted by Crippen LogP contribution is -2.01. The third-order valence-corrected chi connectivity index (χ3v) is 1.40. The highest BCUT2D eigenvalue weighted by Gasteiger charge is 2.10. The second-order valence-corrected chi connectivity index (χ2v) is 2.34. The molecule has 0 aromatic heterocycles. The molecule has 0 aromatic carbocycles. The van der Waals surface area contributed by atoms with Gasteiger partial charge in [-0.3, -0.25) is 4.99 Å². The summed E-state index contributed by atoms with van der Waals surface area (Å²) in [4.78, 5) is 8.24. The number of rotatable bonds is 4. The number of ether oxygens (including phenoxy) is 1. The highest BCUT2D eigenvalue weighted by Crippen LogP contribution is 2.07. The molecule has 3 nitrogen and oxygen atoms in total. The van der Waals surface area contributed by atoms with Gasteiger partial charge in [-0.1, -0.05) is 25.3 Å². The molecule has 0 saturated carbocycles. The molecule has 0 aliphatic carbocycles. The summed E-state index contributed by atoms with van der Waals surface area (Å²) in [6, 6.07) is 0. The van der Waals surface area contributed by atoms with Crippen molar-refractivity contribution in [3.05, 3.63) is 37.1 Å². The zero-order valence-corrected chi connectivity index (χ0v) is 7.44. The normalized spacial score (nSPS) is 16.9. The smallest absolute Gasteiger partial charge is 0.235 e. The van der Waals surface area contributed by atoms with E-state index in [2.05, 4.69) is 23.1 Å². The van der Waals surface area contributed by atoms with E-state index < -0.39 is 0 Å². The Morgan fingerprint density at radius 3 is 2.85 bits per heavy atom. The first kappa shape index (κ1) is 9.45. The van der Waals surface area contributed by atoms with Crippen molar-refractivity contribution in [2.45, 2.75) is 0 Å². The van der Waals surface area contributed by atoms with E-state index >= 15 is 0 Å². The second kappa shape index (κ2) is 5.09. The predicted molar refractivity (Wildman–Crippen MR) is 55.2 cm³/mol. The van der Waals surface area contributed by atoms with Gasteiger partial charge in [-0.05, 0) is 6.08 Å². The number of hydrogen-bond acceptors (Lipinski definition) is 3. The predicted octanol–water partition coefficient (Wildman–Crippen LogP) is 1.74. The largest absolute Gasteiger partial charge is 0.474 e. The van der Waals surface area contributed by atoms with E-state index in [0.717, 1.165) is 0 Å². The van der Waals surface area contributed by atoms with Gasteiger partial charge in [0.05, 0.1) is 6.54 Å². The number of allylic oxidation sites excluding steroid dienone is 3. The number of nitrogens with zero attached hydrogens (tertiary/aromatic N) is 2. The molecule has 1 rings (SSSR count). The molecule has 0 saturated heterocycles. The van der Waals surface area contributed by atoms with Gasteiger partial charge in [0.15, 0.2) is 0 Å². The molecule has 0 N–H and O–H groups in total. The SMILES string of the molecule is C=C/C=N\C(=C/C=C)C1=NCCO1. The third-order valence-electron chi connectivity index (χ3n) is 1.40. The van der Waals surface area contributed by atoms with E-state index in [0.29, 0.717) is 24.7 Å². The van der Waals surface area contributed by atoms with Crippen LogP contribution < -0.4 is 0 Å². The van der Waals surface area contributed by atoms with Crippen LogP contribution in [0.1, 0.15) is 0 Å². The van der Waals surface area contributed by atoms with Crippen LogP contribution >= 0.6 is 0 Å². The average Bonchev–Trinajstić information content (AvgIpc) is 2.65. The van der Waals surface area contributed by atoms with Gasteiger partial charge in [0.25, 0.3) is 0 Å². The molecule has 0 spiro atoms. The van der Waals surface area contributed by atoms with Crippen molar-refractivity contribution in [1.82, 2.24) is 0 Å². The minimum atomic E-state index is 0.581. The molecule has 0 unspecified atom stereocenters. The monoisotopic (exact) mass is 176 g/mol. The third kappa shape index (κ3) is 2.71. The molecule has 0 atom stereocenters. The fraction of sp³-hybridized carbons (Fsp3) is 0.200. The lowest BCUT2D eigenvalue weighted by Gasteiger charge is -1.99. The first-order valence-electron chi connectivity index (χ1n) is 4.04. The zero-order chi connectivity index (χ0) is 9.52. The molecule has 1 aliphatic rings. The van der Waals surface area contributed by atoms with E-state index in [4.69, 9.17) is 4.74 Å². The average molecular weight is 176 g/mol. The standard InChI is InChI=1S/C10H12N2O/c1-3-5-9(11-6-4-2)10-12-7-8-13-10/h3-6H,1-2,7-8H2/b9-5-,11-6-. The van der Waals surface area contributed by atoms with Crippen molar-refractivity contribution >= 4 is 12.1 Å². The molecule has 0 fully saturated rings. The Morgan fingerprint density at radius 1 is 1.46 bits per heavy atom. The van der Waals surface area contributed by atoms with Gasteiger partial charge in [0.1, 0.15) is 12.3 Å². The van der Waals surface area contributed by atoms with Crippen LogP contribution in [0.2, 0.25) is 0 Å². The lowest BCUT2D eigenvalue weighted by molar-refractivity contribution is 0.347. The Labute approximate surface area is 77.9 Å². The maximum absolute atomic E-state index is 5.25. The molecule has 0 aromatic rings. The first-order chi connectivity index (χ1) is 6.38. The Balaban J connectivity index is 2.78. The van der Waals surface area contributed by atoms with Gasteiger partial charge in [0.2, 0.25) is 5.90 Å². The van der Waals surface area contributed by atoms with Gasteiger partial charge >= 0.3 is 0 Å². The molecule has 13 heavy (non-hydrogen) atoms. The Bertz CT molecular complexity index is 287. The molecular weight excluding hydrogens is 164 g/mol. The molecule has 0 radical (unpaired) electrons. The van der Waals surface area contributed by atoms with E-state index in [1.807, 2.05) is 0 Å². The summed E-state index contributed by atoms with van der Waals surface area (Å²) >= 11 is 0. The van der Waals surface area contributed by atoms with Gasteiger partial charge in [-0.2, -0.15) is 0 Å². The highest BCUT2D eigenvalue weighted by atomic mass is 16.5.